The van der Waals surface area contributed by atoms with Crippen LogP contribution in [-0.2, 0) is 13.1 Å². The fourth-order valence-electron chi connectivity index (χ4n) is 5.07. The first-order chi connectivity index (χ1) is 14.1. The van der Waals surface area contributed by atoms with Crippen molar-refractivity contribution in [1.29, 1.82) is 0 Å². The van der Waals surface area contributed by atoms with Crippen LogP contribution < -0.4 is 5.32 Å². The molecule has 0 aliphatic carbocycles. The molecule has 29 heavy (non-hydrogen) atoms. The molecule has 1 aromatic carbocycles. The third-order valence-electron chi connectivity index (χ3n) is 6.57. The zero-order chi connectivity index (χ0) is 20.3. The first-order valence-corrected chi connectivity index (χ1v) is 10.7. The molecule has 0 radical (unpaired) electrons. The number of piperidine rings is 1. The molecular formula is C22H32N6O. The highest BCUT2D eigenvalue weighted by Gasteiger charge is 2.49. The van der Waals surface area contributed by atoms with Gasteiger partial charge in [0.15, 0.2) is 0 Å². The van der Waals surface area contributed by atoms with E-state index in [-0.39, 0.29) is 11.4 Å². The average Bonchev–Trinajstić information content (AvgIpc) is 3.31. The highest BCUT2D eigenvalue weighted by atomic mass is 16.2. The summed E-state index contributed by atoms with van der Waals surface area (Å²) in [5, 5.41) is 11.8. The summed E-state index contributed by atoms with van der Waals surface area (Å²) < 4.78 is 2.23. The number of nitrogens with zero attached hydrogens (tertiary/aromatic N) is 5. The van der Waals surface area contributed by atoms with E-state index >= 15 is 0 Å². The molecular weight excluding hydrogens is 364 g/mol. The maximum Gasteiger partial charge on any atom is 0.317 e. The van der Waals surface area contributed by atoms with Crippen molar-refractivity contribution >= 4 is 6.03 Å². The molecule has 1 unspecified atom stereocenters. The van der Waals surface area contributed by atoms with E-state index in [0.717, 1.165) is 63.4 Å². The lowest BCUT2D eigenvalue weighted by Gasteiger charge is -2.42. The molecule has 2 aliphatic heterocycles. The lowest BCUT2D eigenvalue weighted by molar-refractivity contribution is 0.108. The van der Waals surface area contributed by atoms with Gasteiger partial charge in [0, 0.05) is 45.2 Å². The number of urea groups is 1. The second-order valence-corrected chi connectivity index (χ2v) is 8.63. The van der Waals surface area contributed by atoms with Gasteiger partial charge in [-0.3, -0.25) is 0 Å². The third-order valence-corrected chi connectivity index (χ3v) is 6.57. The molecule has 4 rings (SSSR count). The van der Waals surface area contributed by atoms with Gasteiger partial charge in [-0.05, 0) is 37.3 Å². The molecule has 2 amide bonds. The highest BCUT2D eigenvalue weighted by Crippen LogP contribution is 2.48. The molecule has 2 aromatic rings. The molecule has 0 bridgehead atoms. The maximum atomic E-state index is 12.7. The Kier molecular flexibility index (Phi) is 5.85. The molecule has 1 aromatic heterocycles. The topological polar surface area (TPSA) is 66.3 Å². The zero-order valence-corrected chi connectivity index (χ0v) is 17.5. The average molecular weight is 397 g/mol. The van der Waals surface area contributed by atoms with Gasteiger partial charge in [-0.1, -0.05) is 37.3 Å². The predicted molar refractivity (Wildman–Crippen MR) is 112 cm³/mol. The minimum Gasteiger partial charge on any atom is -0.334 e. The normalized spacial score (nSPS) is 21.6. The molecule has 1 spiro atoms. The van der Waals surface area contributed by atoms with E-state index < -0.39 is 0 Å². The van der Waals surface area contributed by atoms with Gasteiger partial charge in [0.2, 0.25) is 0 Å². The van der Waals surface area contributed by atoms with Crippen LogP contribution in [0.1, 0.15) is 43.5 Å². The Hall–Kier alpha value is -2.41. The number of hydrogen-bond acceptors (Lipinski definition) is 4. The van der Waals surface area contributed by atoms with Gasteiger partial charge in [0.1, 0.15) is 12.2 Å². The van der Waals surface area contributed by atoms with Gasteiger partial charge < -0.3 is 19.7 Å². The van der Waals surface area contributed by atoms with Crippen LogP contribution in [-0.4, -0.2) is 63.8 Å². The second-order valence-electron chi connectivity index (χ2n) is 8.63. The fourth-order valence-corrected chi connectivity index (χ4v) is 5.07. The standard InChI is InChI=1S/C22H32N6O/c1-3-11-28-17-24-25-20(28)19-15-26(2)16-22(19)9-12-27(13-10-22)21(29)23-14-18-7-5-4-6-8-18/h4-8,17,19H,3,9-16H2,1-2H3,(H,23,29). The SMILES string of the molecule is CCCn1cnnc1C1CN(C)CC12CCN(C(=O)NCc1ccccc1)CC2. The van der Waals surface area contributed by atoms with Gasteiger partial charge in [0.05, 0.1) is 0 Å². The van der Waals surface area contributed by atoms with Gasteiger partial charge in [-0.15, -0.1) is 10.2 Å². The van der Waals surface area contributed by atoms with Crippen LogP contribution in [0.5, 0.6) is 0 Å². The quantitative estimate of drug-likeness (QED) is 0.844. The number of aromatic nitrogens is 3. The summed E-state index contributed by atoms with van der Waals surface area (Å²) in [6.45, 7) is 7.41. The van der Waals surface area contributed by atoms with E-state index in [4.69, 9.17) is 0 Å². The van der Waals surface area contributed by atoms with Gasteiger partial charge in [0.25, 0.3) is 0 Å². The molecule has 0 saturated carbocycles. The Labute approximate surface area is 173 Å². The summed E-state index contributed by atoms with van der Waals surface area (Å²) in [7, 11) is 2.20. The number of benzene rings is 1. The smallest absolute Gasteiger partial charge is 0.317 e. The molecule has 1 atom stereocenters. The van der Waals surface area contributed by atoms with Gasteiger partial charge in [-0.25, -0.2) is 4.79 Å². The second kappa shape index (κ2) is 8.53. The number of carbonyl (C=O) groups excluding carboxylic acids is 1. The first-order valence-electron chi connectivity index (χ1n) is 10.7. The molecule has 156 valence electrons. The van der Waals surface area contributed by atoms with E-state index in [1.165, 1.54) is 0 Å². The summed E-state index contributed by atoms with van der Waals surface area (Å²) in [4.78, 5) is 17.1. The summed E-state index contributed by atoms with van der Waals surface area (Å²) in [6, 6.07) is 10.1. The van der Waals surface area contributed by atoms with E-state index in [1.54, 1.807) is 0 Å². The number of likely N-dealkylation sites (tertiary alicyclic amines) is 2. The highest BCUT2D eigenvalue weighted by molar-refractivity contribution is 5.74. The first kappa shape index (κ1) is 19.9. The minimum absolute atomic E-state index is 0.0424. The van der Waals surface area contributed by atoms with Crippen molar-refractivity contribution in [2.24, 2.45) is 5.41 Å². The van der Waals surface area contributed by atoms with E-state index in [2.05, 4.69) is 39.0 Å². The molecule has 2 saturated heterocycles. The van der Waals surface area contributed by atoms with E-state index in [9.17, 15) is 4.79 Å². The number of amides is 2. The van der Waals surface area contributed by atoms with Crippen LogP contribution in [0.2, 0.25) is 0 Å². The number of nitrogens with one attached hydrogen (secondary N) is 1. The number of rotatable bonds is 5. The Morgan fingerprint density at radius 3 is 2.72 bits per heavy atom. The van der Waals surface area contributed by atoms with Crippen molar-refractivity contribution in [3.63, 3.8) is 0 Å². The lowest BCUT2D eigenvalue weighted by Crippen LogP contribution is -2.49. The summed E-state index contributed by atoms with van der Waals surface area (Å²) in [5.41, 5.74) is 1.31. The van der Waals surface area contributed by atoms with Crippen LogP contribution in [0.3, 0.4) is 0 Å². The van der Waals surface area contributed by atoms with Gasteiger partial charge in [-0.2, -0.15) is 0 Å². The third kappa shape index (κ3) is 4.15. The Morgan fingerprint density at radius 2 is 2.00 bits per heavy atom. The van der Waals surface area contributed by atoms with Crippen molar-refractivity contribution in [2.75, 3.05) is 33.2 Å². The molecule has 1 N–H and O–H groups in total. The van der Waals surface area contributed by atoms with Crippen molar-refractivity contribution in [1.82, 2.24) is 29.9 Å². The van der Waals surface area contributed by atoms with Gasteiger partial charge >= 0.3 is 6.03 Å². The summed E-state index contributed by atoms with van der Waals surface area (Å²) in [6.07, 6.45) is 4.98. The van der Waals surface area contributed by atoms with Crippen LogP contribution in [0.25, 0.3) is 0 Å². The maximum absolute atomic E-state index is 12.7. The summed E-state index contributed by atoms with van der Waals surface area (Å²) >= 11 is 0. The molecule has 2 fully saturated rings. The predicted octanol–water partition coefficient (Wildman–Crippen LogP) is 2.71. The van der Waals surface area contributed by atoms with Crippen molar-refractivity contribution in [3.05, 3.63) is 48.0 Å². The van der Waals surface area contributed by atoms with Crippen LogP contribution in [0, 0.1) is 5.41 Å². The van der Waals surface area contributed by atoms with Crippen molar-refractivity contribution in [3.8, 4) is 0 Å². The molecule has 2 aliphatic rings. The van der Waals surface area contributed by atoms with Crippen LogP contribution >= 0.6 is 0 Å². The Bertz CT molecular complexity index is 812. The van der Waals surface area contributed by atoms with E-state index in [0.29, 0.717) is 12.5 Å². The minimum atomic E-state index is 0.0424. The largest absolute Gasteiger partial charge is 0.334 e. The summed E-state index contributed by atoms with van der Waals surface area (Å²) in [5.74, 6) is 1.51. The molecule has 3 heterocycles. The number of likely N-dealkylation sites (N-methyl/N-ethyl adjacent to an activating group) is 1. The number of aryl methyl sites for hydroxylation is 1. The molecule has 7 heteroatoms. The Morgan fingerprint density at radius 1 is 1.24 bits per heavy atom. The van der Waals surface area contributed by atoms with E-state index in [1.807, 2.05) is 41.6 Å². The number of carbonyl (C=O) groups is 1. The zero-order valence-electron chi connectivity index (χ0n) is 17.5. The van der Waals surface area contributed by atoms with Crippen LogP contribution in [0.4, 0.5) is 4.79 Å². The monoisotopic (exact) mass is 396 g/mol. The van der Waals surface area contributed by atoms with Crippen LogP contribution in [0.15, 0.2) is 36.7 Å². The molecule has 7 nitrogen and oxygen atoms in total. The number of hydrogen-bond donors (Lipinski definition) is 1. The van der Waals surface area contributed by atoms with Crippen molar-refractivity contribution < 1.29 is 4.79 Å². The lowest BCUT2D eigenvalue weighted by atomic mass is 9.70. The Balaban J connectivity index is 1.40. The van der Waals surface area contributed by atoms with Crippen molar-refractivity contribution in [2.45, 2.75) is 45.2 Å². The fraction of sp³-hybridized carbons (Fsp3) is 0.591.